The molecule has 1 aromatic heterocycles. The van der Waals surface area contributed by atoms with Gasteiger partial charge in [-0.25, -0.2) is 12.7 Å². The van der Waals surface area contributed by atoms with E-state index in [-0.39, 0.29) is 17.6 Å². The summed E-state index contributed by atoms with van der Waals surface area (Å²) in [6.45, 7) is 1.58. The molecule has 2 atom stereocenters. The van der Waals surface area contributed by atoms with Crippen LogP contribution in [-0.4, -0.2) is 50.6 Å². The van der Waals surface area contributed by atoms with E-state index in [2.05, 4.69) is 10.3 Å². The minimum Gasteiger partial charge on any atom is -0.316 e. The highest BCUT2D eigenvalue weighted by atomic mass is 32.2. The van der Waals surface area contributed by atoms with E-state index in [4.69, 9.17) is 0 Å². The van der Waals surface area contributed by atoms with Crippen LogP contribution in [-0.2, 0) is 10.0 Å². The van der Waals surface area contributed by atoms with Crippen LogP contribution in [0.25, 0.3) is 0 Å². The highest BCUT2D eigenvalue weighted by Crippen LogP contribution is 2.29. The molecular weight excluding hydrogens is 250 g/mol. The highest BCUT2D eigenvalue weighted by molar-refractivity contribution is 7.89. The third kappa shape index (κ3) is 2.88. The summed E-state index contributed by atoms with van der Waals surface area (Å²) in [6, 6.07) is 3.93. The Labute approximate surface area is 108 Å². The summed E-state index contributed by atoms with van der Waals surface area (Å²) in [5.41, 5.74) is 1.16. The molecule has 2 rings (SSSR count). The number of pyridine rings is 1. The number of hydrogen-bond donors (Lipinski definition) is 1. The first kappa shape index (κ1) is 13.5. The van der Waals surface area contributed by atoms with E-state index < -0.39 is 10.0 Å². The van der Waals surface area contributed by atoms with Gasteiger partial charge in [0.1, 0.15) is 0 Å². The van der Waals surface area contributed by atoms with Crippen molar-refractivity contribution in [2.24, 2.45) is 5.92 Å². The molecule has 0 spiro atoms. The van der Waals surface area contributed by atoms with E-state index in [1.165, 1.54) is 4.31 Å². The highest BCUT2D eigenvalue weighted by Gasteiger charge is 2.32. The molecule has 2 heterocycles. The second kappa shape index (κ2) is 5.34. The van der Waals surface area contributed by atoms with Crippen molar-refractivity contribution >= 4 is 10.0 Å². The Morgan fingerprint density at radius 2 is 2.00 bits per heavy atom. The van der Waals surface area contributed by atoms with Gasteiger partial charge in [-0.3, -0.25) is 4.98 Å². The summed E-state index contributed by atoms with van der Waals surface area (Å²) in [6.07, 6.45) is 3.51. The lowest BCUT2D eigenvalue weighted by molar-refractivity contribution is 0.492. The van der Waals surface area contributed by atoms with Gasteiger partial charge in [-0.1, -0.05) is 0 Å². The molecule has 2 unspecified atom stereocenters. The zero-order valence-electron chi connectivity index (χ0n) is 10.7. The molecular formula is C12H19N3O2S. The van der Waals surface area contributed by atoms with E-state index in [1.54, 1.807) is 26.5 Å². The van der Waals surface area contributed by atoms with Gasteiger partial charge in [-0.2, -0.15) is 0 Å². The predicted octanol–water partition coefficient (Wildman–Crippen LogP) is 0.276. The summed E-state index contributed by atoms with van der Waals surface area (Å²) >= 11 is 0. The van der Waals surface area contributed by atoms with Crippen molar-refractivity contribution < 1.29 is 8.42 Å². The van der Waals surface area contributed by atoms with Crippen molar-refractivity contribution in [1.82, 2.24) is 14.6 Å². The molecule has 0 saturated carbocycles. The number of nitrogens with one attached hydrogen (secondary N) is 1. The molecule has 100 valence electrons. The Hall–Kier alpha value is -0.980. The predicted molar refractivity (Wildman–Crippen MR) is 70.8 cm³/mol. The van der Waals surface area contributed by atoms with E-state index >= 15 is 0 Å². The molecule has 0 aromatic carbocycles. The minimum absolute atomic E-state index is 0.125. The van der Waals surface area contributed by atoms with Crippen molar-refractivity contribution in [3.05, 3.63) is 30.1 Å². The van der Waals surface area contributed by atoms with E-state index in [1.807, 2.05) is 12.1 Å². The van der Waals surface area contributed by atoms with Crippen LogP contribution in [0.1, 0.15) is 11.5 Å². The molecule has 1 saturated heterocycles. The summed E-state index contributed by atoms with van der Waals surface area (Å²) < 4.78 is 25.2. The quantitative estimate of drug-likeness (QED) is 0.852. The molecule has 5 nitrogen and oxygen atoms in total. The van der Waals surface area contributed by atoms with E-state index in [9.17, 15) is 8.42 Å². The van der Waals surface area contributed by atoms with E-state index in [0.717, 1.165) is 18.7 Å². The van der Waals surface area contributed by atoms with Crippen LogP contribution in [0.15, 0.2) is 24.5 Å². The maximum absolute atomic E-state index is 11.9. The smallest absolute Gasteiger partial charge is 0.213 e. The average molecular weight is 269 g/mol. The molecule has 1 aliphatic rings. The van der Waals surface area contributed by atoms with Gasteiger partial charge < -0.3 is 5.32 Å². The van der Waals surface area contributed by atoms with Crippen molar-refractivity contribution in [3.8, 4) is 0 Å². The molecule has 0 radical (unpaired) electrons. The van der Waals surface area contributed by atoms with Crippen LogP contribution in [0.2, 0.25) is 0 Å². The Kier molecular flexibility index (Phi) is 3.99. The normalized spacial score (nSPS) is 24.6. The number of nitrogens with zero attached hydrogens (tertiary/aromatic N) is 2. The Balaban J connectivity index is 2.14. The Morgan fingerprint density at radius 3 is 2.61 bits per heavy atom. The first-order valence-electron chi connectivity index (χ1n) is 6.01. The first-order valence-corrected chi connectivity index (χ1v) is 7.62. The molecule has 0 bridgehead atoms. The third-order valence-electron chi connectivity index (χ3n) is 3.46. The lowest BCUT2D eigenvalue weighted by Gasteiger charge is -2.20. The van der Waals surface area contributed by atoms with Gasteiger partial charge in [0.05, 0.1) is 5.75 Å². The van der Waals surface area contributed by atoms with Gasteiger partial charge in [0.15, 0.2) is 0 Å². The SMILES string of the molecule is CN(C)S(=O)(=O)CC1CNCC1c1ccncc1. The zero-order valence-corrected chi connectivity index (χ0v) is 11.5. The minimum atomic E-state index is -3.14. The lowest BCUT2D eigenvalue weighted by Crippen LogP contribution is -2.31. The number of hydrogen-bond acceptors (Lipinski definition) is 4. The summed E-state index contributed by atoms with van der Waals surface area (Å²) in [4.78, 5) is 4.00. The van der Waals surface area contributed by atoms with Crippen LogP contribution in [0, 0.1) is 5.92 Å². The van der Waals surface area contributed by atoms with Gasteiger partial charge in [0, 0.05) is 39.0 Å². The Morgan fingerprint density at radius 1 is 1.33 bits per heavy atom. The largest absolute Gasteiger partial charge is 0.316 e. The van der Waals surface area contributed by atoms with Crippen molar-refractivity contribution in [2.45, 2.75) is 5.92 Å². The Bertz CT molecular complexity index is 487. The van der Waals surface area contributed by atoms with Crippen LogP contribution in [0.4, 0.5) is 0 Å². The molecule has 6 heteroatoms. The average Bonchev–Trinajstić information content (AvgIpc) is 2.77. The lowest BCUT2D eigenvalue weighted by atomic mass is 9.91. The van der Waals surface area contributed by atoms with Crippen LogP contribution >= 0.6 is 0 Å². The van der Waals surface area contributed by atoms with Crippen LogP contribution in [0.5, 0.6) is 0 Å². The summed E-state index contributed by atoms with van der Waals surface area (Å²) in [5, 5.41) is 3.28. The maximum Gasteiger partial charge on any atom is 0.213 e. The molecule has 1 N–H and O–H groups in total. The first-order chi connectivity index (χ1) is 8.50. The van der Waals surface area contributed by atoms with Crippen molar-refractivity contribution in [2.75, 3.05) is 32.9 Å². The standard InChI is InChI=1S/C12H19N3O2S/c1-15(2)18(16,17)9-11-7-14-8-12(11)10-3-5-13-6-4-10/h3-6,11-12,14H,7-9H2,1-2H3. The maximum atomic E-state index is 11.9. The molecule has 0 amide bonds. The van der Waals surface area contributed by atoms with E-state index in [0.29, 0.717) is 0 Å². The number of aromatic nitrogens is 1. The number of sulfonamides is 1. The molecule has 18 heavy (non-hydrogen) atoms. The molecule has 1 aliphatic heterocycles. The fraction of sp³-hybridized carbons (Fsp3) is 0.583. The third-order valence-corrected chi connectivity index (χ3v) is 5.42. The summed E-state index contributed by atoms with van der Waals surface area (Å²) in [7, 11) is 0.0202. The van der Waals surface area contributed by atoms with Gasteiger partial charge in [0.2, 0.25) is 10.0 Å². The zero-order chi connectivity index (χ0) is 13.2. The molecule has 1 aromatic rings. The second-order valence-electron chi connectivity index (χ2n) is 4.87. The molecule has 1 fully saturated rings. The number of rotatable bonds is 4. The summed E-state index contributed by atoms with van der Waals surface area (Å²) in [5.74, 6) is 0.572. The van der Waals surface area contributed by atoms with Gasteiger partial charge in [0.25, 0.3) is 0 Å². The van der Waals surface area contributed by atoms with Crippen molar-refractivity contribution in [3.63, 3.8) is 0 Å². The van der Waals surface area contributed by atoms with Crippen LogP contribution in [0.3, 0.4) is 0 Å². The second-order valence-corrected chi connectivity index (χ2v) is 7.09. The molecule has 0 aliphatic carbocycles. The van der Waals surface area contributed by atoms with Crippen molar-refractivity contribution in [1.29, 1.82) is 0 Å². The van der Waals surface area contributed by atoms with Gasteiger partial charge in [-0.15, -0.1) is 0 Å². The van der Waals surface area contributed by atoms with Gasteiger partial charge in [-0.05, 0) is 30.2 Å². The van der Waals surface area contributed by atoms with Crippen LogP contribution < -0.4 is 5.32 Å². The topological polar surface area (TPSA) is 62.3 Å². The monoisotopic (exact) mass is 269 g/mol. The fourth-order valence-corrected chi connectivity index (χ4v) is 3.52. The fourth-order valence-electron chi connectivity index (χ4n) is 2.33. The van der Waals surface area contributed by atoms with Gasteiger partial charge >= 0.3 is 0 Å².